The van der Waals surface area contributed by atoms with E-state index >= 15 is 0 Å². The molecule has 0 fully saturated rings. The van der Waals surface area contributed by atoms with Gasteiger partial charge in [0, 0.05) is 30.5 Å². The molecule has 0 radical (unpaired) electrons. The smallest absolute Gasteiger partial charge is 0.161 e. The summed E-state index contributed by atoms with van der Waals surface area (Å²) in [6, 6.07) is 5.62. The standard InChI is InChI=1S/C13H20N2O/c1-4-5-8-15(3)11-6-7-12(10(2)16)13(14)9-11/h6-7,9H,4-5,8,14H2,1-3H3. The predicted molar refractivity (Wildman–Crippen MR) is 69.0 cm³/mol. The molecule has 0 saturated carbocycles. The molecular weight excluding hydrogens is 200 g/mol. The Bertz CT molecular complexity index is 374. The zero-order valence-electron chi connectivity index (χ0n) is 10.3. The number of benzene rings is 1. The number of ketones is 1. The van der Waals surface area contributed by atoms with Crippen LogP contribution in [0.1, 0.15) is 37.0 Å². The van der Waals surface area contributed by atoms with Crippen molar-refractivity contribution in [2.45, 2.75) is 26.7 Å². The monoisotopic (exact) mass is 220 g/mol. The molecule has 1 aromatic carbocycles. The summed E-state index contributed by atoms with van der Waals surface area (Å²) in [5, 5.41) is 0. The number of unbranched alkanes of at least 4 members (excludes halogenated alkanes) is 1. The number of hydrogen-bond acceptors (Lipinski definition) is 3. The molecule has 3 heteroatoms. The average molecular weight is 220 g/mol. The summed E-state index contributed by atoms with van der Waals surface area (Å²) < 4.78 is 0. The van der Waals surface area contributed by atoms with Crippen molar-refractivity contribution in [1.82, 2.24) is 0 Å². The van der Waals surface area contributed by atoms with E-state index in [4.69, 9.17) is 5.73 Å². The molecule has 0 aliphatic rings. The van der Waals surface area contributed by atoms with Gasteiger partial charge >= 0.3 is 0 Å². The molecule has 3 nitrogen and oxygen atoms in total. The lowest BCUT2D eigenvalue weighted by Crippen LogP contribution is -2.18. The number of nitrogens with zero attached hydrogens (tertiary/aromatic N) is 1. The van der Waals surface area contributed by atoms with E-state index in [-0.39, 0.29) is 5.78 Å². The lowest BCUT2D eigenvalue weighted by atomic mass is 10.1. The third kappa shape index (κ3) is 2.99. The zero-order valence-corrected chi connectivity index (χ0v) is 10.3. The van der Waals surface area contributed by atoms with Gasteiger partial charge in [0.25, 0.3) is 0 Å². The highest BCUT2D eigenvalue weighted by Crippen LogP contribution is 2.21. The normalized spacial score (nSPS) is 10.2. The third-order valence-electron chi connectivity index (χ3n) is 2.70. The molecule has 1 aromatic rings. The van der Waals surface area contributed by atoms with Crippen LogP contribution in [0.25, 0.3) is 0 Å². The van der Waals surface area contributed by atoms with Gasteiger partial charge in [-0.3, -0.25) is 4.79 Å². The number of nitrogen functional groups attached to an aromatic ring is 1. The van der Waals surface area contributed by atoms with Gasteiger partial charge < -0.3 is 10.6 Å². The van der Waals surface area contributed by atoms with Crippen molar-refractivity contribution in [3.8, 4) is 0 Å². The van der Waals surface area contributed by atoms with Crippen molar-refractivity contribution in [3.05, 3.63) is 23.8 Å². The van der Waals surface area contributed by atoms with E-state index in [1.165, 1.54) is 13.3 Å². The first-order chi connectivity index (χ1) is 7.56. The molecule has 0 aromatic heterocycles. The van der Waals surface area contributed by atoms with Crippen molar-refractivity contribution >= 4 is 17.2 Å². The number of rotatable bonds is 5. The Morgan fingerprint density at radius 1 is 1.44 bits per heavy atom. The average Bonchev–Trinajstić information content (AvgIpc) is 2.25. The lowest BCUT2D eigenvalue weighted by Gasteiger charge is -2.19. The molecule has 0 saturated heterocycles. The fourth-order valence-corrected chi connectivity index (χ4v) is 1.63. The maximum Gasteiger partial charge on any atom is 0.161 e. The van der Waals surface area contributed by atoms with Crippen molar-refractivity contribution in [2.24, 2.45) is 0 Å². The maximum atomic E-state index is 11.2. The fraction of sp³-hybridized carbons (Fsp3) is 0.462. The molecule has 0 heterocycles. The van der Waals surface area contributed by atoms with Crippen LogP contribution in [0, 0.1) is 0 Å². The molecule has 16 heavy (non-hydrogen) atoms. The Morgan fingerprint density at radius 3 is 2.62 bits per heavy atom. The molecule has 0 amide bonds. The summed E-state index contributed by atoms with van der Waals surface area (Å²) in [6.07, 6.45) is 2.33. The first-order valence-corrected chi connectivity index (χ1v) is 5.67. The third-order valence-corrected chi connectivity index (χ3v) is 2.70. The van der Waals surface area contributed by atoms with E-state index in [1.54, 1.807) is 6.07 Å². The summed E-state index contributed by atoms with van der Waals surface area (Å²) in [7, 11) is 2.04. The second-order valence-electron chi connectivity index (χ2n) is 4.10. The van der Waals surface area contributed by atoms with Crippen LogP contribution in [-0.4, -0.2) is 19.4 Å². The van der Waals surface area contributed by atoms with Crippen LogP contribution in [0.15, 0.2) is 18.2 Å². The highest BCUT2D eigenvalue weighted by molar-refractivity contribution is 5.99. The second kappa shape index (κ2) is 5.54. The SMILES string of the molecule is CCCCN(C)c1ccc(C(C)=O)c(N)c1. The van der Waals surface area contributed by atoms with E-state index in [9.17, 15) is 4.79 Å². The van der Waals surface area contributed by atoms with Crippen LogP contribution in [0.5, 0.6) is 0 Å². The largest absolute Gasteiger partial charge is 0.398 e. The number of carbonyl (C=O) groups excluding carboxylic acids is 1. The molecule has 1 rings (SSSR count). The molecule has 0 aliphatic carbocycles. The Labute approximate surface area is 97.2 Å². The molecule has 0 atom stereocenters. The summed E-state index contributed by atoms with van der Waals surface area (Å²) in [5.41, 5.74) is 8.07. The molecule has 0 unspecified atom stereocenters. The van der Waals surface area contributed by atoms with Crippen LogP contribution < -0.4 is 10.6 Å². The van der Waals surface area contributed by atoms with Crippen molar-refractivity contribution < 1.29 is 4.79 Å². The Morgan fingerprint density at radius 2 is 2.12 bits per heavy atom. The van der Waals surface area contributed by atoms with E-state index in [0.29, 0.717) is 11.3 Å². The quantitative estimate of drug-likeness (QED) is 0.613. The summed E-state index contributed by atoms with van der Waals surface area (Å²) >= 11 is 0. The number of Topliss-reactive ketones (excluding diaryl/α,β-unsaturated/α-hetero) is 1. The fourth-order valence-electron chi connectivity index (χ4n) is 1.63. The van der Waals surface area contributed by atoms with E-state index in [1.807, 2.05) is 19.2 Å². The van der Waals surface area contributed by atoms with Gasteiger partial charge in [-0.25, -0.2) is 0 Å². The predicted octanol–water partition coefficient (Wildman–Crippen LogP) is 2.71. The zero-order chi connectivity index (χ0) is 12.1. The van der Waals surface area contributed by atoms with E-state index in [0.717, 1.165) is 18.7 Å². The molecule has 0 bridgehead atoms. The van der Waals surface area contributed by atoms with Crippen molar-refractivity contribution in [2.75, 3.05) is 24.2 Å². The number of hydrogen-bond donors (Lipinski definition) is 1. The van der Waals surface area contributed by atoms with Gasteiger partial charge in [-0.05, 0) is 31.5 Å². The van der Waals surface area contributed by atoms with Crippen LogP contribution >= 0.6 is 0 Å². The number of carbonyl (C=O) groups is 1. The highest BCUT2D eigenvalue weighted by atomic mass is 16.1. The summed E-state index contributed by atoms with van der Waals surface area (Å²) in [6.45, 7) is 4.71. The first kappa shape index (κ1) is 12.6. The topological polar surface area (TPSA) is 46.3 Å². The van der Waals surface area contributed by atoms with Gasteiger partial charge in [-0.2, -0.15) is 0 Å². The Balaban J connectivity index is 2.84. The summed E-state index contributed by atoms with van der Waals surface area (Å²) in [5.74, 6) is 0.0141. The van der Waals surface area contributed by atoms with Crippen LogP contribution in [0.4, 0.5) is 11.4 Å². The van der Waals surface area contributed by atoms with E-state index in [2.05, 4.69) is 11.8 Å². The van der Waals surface area contributed by atoms with E-state index < -0.39 is 0 Å². The van der Waals surface area contributed by atoms with Crippen LogP contribution in [0.2, 0.25) is 0 Å². The molecule has 2 N–H and O–H groups in total. The minimum absolute atomic E-state index is 0.0141. The highest BCUT2D eigenvalue weighted by Gasteiger charge is 2.07. The van der Waals surface area contributed by atoms with Gasteiger partial charge in [-0.1, -0.05) is 13.3 Å². The van der Waals surface area contributed by atoms with Crippen LogP contribution in [0.3, 0.4) is 0 Å². The minimum atomic E-state index is 0.0141. The molecule has 0 aliphatic heterocycles. The minimum Gasteiger partial charge on any atom is -0.398 e. The van der Waals surface area contributed by atoms with Gasteiger partial charge in [0.15, 0.2) is 5.78 Å². The van der Waals surface area contributed by atoms with Gasteiger partial charge in [-0.15, -0.1) is 0 Å². The van der Waals surface area contributed by atoms with Crippen molar-refractivity contribution in [1.29, 1.82) is 0 Å². The second-order valence-corrected chi connectivity index (χ2v) is 4.10. The molecule has 88 valence electrons. The van der Waals surface area contributed by atoms with Gasteiger partial charge in [0.05, 0.1) is 0 Å². The van der Waals surface area contributed by atoms with Crippen LogP contribution in [-0.2, 0) is 0 Å². The van der Waals surface area contributed by atoms with Crippen molar-refractivity contribution in [3.63, 3.8) is 0 Å². The van der Waals surface area contributed by atoms with Gasteiger partial charge in [0.1, 0.15) is 0 Å². The lowest BCUT2D eigenvalue weighted by molar-refractivity contribution is 0.101. The molecule has 0 spiro atoms. The maximum absolute atomic E-state index is 11.2. The molecular formula is C13H20N2O. The Hall–Kier alpha value is -1.51. The summed E-state index contributed by atoms with van der Waals surface area (Å²) in [4.78, 5) is 13.4. The van der Waals surface area contributed by atoms with Gasteiger partial charge in [0.2, 0.25) is 0 Å². The number of nitrogens with two attached hydrogens (primary N) is 1. The number of anilines is 2. The Kier molecular flexibility index (Phi) is 4.35. The first-order valence-electron chi connectivity index (χ1n) is 5.67.